The first-order valence-electron chi connectivity index (χ1n) is 8.91. The van der Waals surface area contributed by atoms with Gasteiger partial charge in [-0.25, -0.2) is 8.42 Å². The molecule has 5 nitrogen and oxygen atoms in total. The van der Waals surface area contributed by atoms with E-state index in [9.17, 15) is 13.2 Å². The van der Waals surface area contributed by atoms with Gasteiger partial charge >= 0.3 is 0 Å². The van der Waals surface area contributed by atoms with Crippen molar-refractivity contribution in [1.29, 1.82) is 0 Å². The molecule has 1 aromatic heterocycles. The molecule has 0 spiro atoms. The minimum atomic E-state index is -3.10. The summed E-state index contributed by atoms with van der Waals surface area (Å²) < 4.78 is 30.0. The maximum Gasteiger partial charge on any atom is 0.254 e. The standard InChI is InChI=1S/C20H24BrNO4S/c1-20(2,3)15-6-4-14(5-7-15)19(23)22(12-17-8-9-18(21)26-17)16-10-11-27(24,25)13-16/h4-9,16H,10-13H2,1-3H3/t16-/m0/s1. The maximum atomic E-state index is 13.2. The van der Waals surface area contributed by atoms with Gasteiger partial charge in [0.15, 0.2) is 14.5 Å². The SMILES string of the molecule is CC(C)(C)c1ccc(C(=O)N(Cc2ccc(Br)o2)[C@H]2CCS(=O)(=O)C2)cc1. The molecule has 1 fully saturated rings. The van der Waals surface area contributed by atoms with E-state index in [0.717, 1.165) is 5.56 Å². The lowest BCUT2D eigenvalue weighted by atomic mass is 9.86. The van der Waals surface area contributed by atoms with Gasteiger partial charge < -0.3 is 9.32 Å². The molecule has 0 saturated carbocycles. The van der Waals surface area contributed by atoms with Gasteiger partial charge in [0.05, 0.1) is 18.1 Å². The first-order valence-corrected chi connectivity index (χ1v) is 11.5. The van der Waals surface area contributed by atoms with Crippen LogP contribution < -0.4 is 0 Å². The molecule has 0 bridgehead atoms. The third-order valence-corrected chi connectivity index (χ3v) is 7.04. The van der Waals surface area contributed by atoms with Crippen molar-refractivity contribution < 1.29 is 17.6 Å². The predicted molar refractivity (Wildman–Crippen MR) is 108 cm³/mol. The van der Waals surface area contributed by atoms with E-state index in [4.69, 9.17) is 4.42 Å². The first-order chi connectivity index (χ1) is 12.5. The van der Waals surface area contributed by atoms with Crippen LogP contribution in [0.5, 0.6) is 0 Å². The van der Waals surface area contributed by atoms with Crippen LogP contribution in [0.1, 0.15) is 48.9 Å². The molecule has 3 rings (SSSR count). The fraction of sp³-hybridized carbons (Fsp3) is 0.450. The second-order valence-corrected chi connectivity index (χ2v) is 11.0. The Morgan fingerprint density at radius 3 is 2.33 bits per heavy atom. The molecule has 0 radical (unpaired) electrons. The number of carbonyl (C=O) groups excluding carboxylic acids is 1. The predicted octanol–water partition coefficient (Wildman–Crippen LogP) is 4.17. The Morgan fingerprint density at radius 2 is 1.85 bits per heavy atom. The summed E-state index contributed by atoms with van der Waals surface area (Å²) in [7, 11) is -3.10. The van der Waals surface area contributed by atoms with Crippen LogP contribution in [-0.2, 0) is 21.8 Å². The summed E-state index contributed by atoms with van der Waals surface area (Å²) >= 11 is 3.27. The molecule has 2 heterocycles. The summed E-state index contributed by atoms with van der Waals surface area (Å²) in [6.07, 6.45) is 0.454. The zero-order valence-electron chi connectivity index (χ0n) is 15.7. The third-order valence-electron chi connectivity index (χ3n) is 4.86. The minimum Gasteiger partial charge on any atom is -0.452 e. The number of benzene rings is 1. The molecule has 0 aliphatic carbocycles. The highest BCUT2D eigenvalue weighted by Crippen LogP contribution is 2.26. The fourth-order valence-electron chi connectivity index (χ4n) is 3.27. The number of hydrogen-bond donors (Lipinski definition) is 0. The Kier molecular flexibility index (Phi) is 5.54. The molecule has 27 heavy (non-hydrogen) atoms. The normalized spacial score (nSPS) is 19.2. The van der Waals surface area contributed by atoms with Gasteiger partial charge in [0.1, 0.15) is 5.76 Å². The number of sulfone groups is 1. The minimum absolute atomic E-state index is 0.000687. The lowest BCUT2D eigenvalue weighted by Crippen LogP contribution is -2.40. The zero-order chi connectivity index (χ0) is 19.8. The molecule has 0 unspecified atom stereocenters. The highest BCUT2D eigenvalue weighted by Gasteiger charge is 2.35. The number of carbonyl (C=O) groups is 1. The second-order valence-electron chi connectivity index (χ2n) is 8.02. The molecule has 1 aliphatic rings. The van der Waals surface area contributed by atoms with Gasteiger partial charge in [-0.05, 0) is 57.6 Å². The Morgan fingerprint density at radius 1 is 1.19 bits per heavy atom. The van der Waals surface area contributed by atoms with Crippen molar-refractivity contribution in [3.05, 3.63) is 58.0 Å². The summed E-state index contributed by atoms with van der Waals surface area (Å²) in [4.78, 5) is 14.8. The second kappa shape index (κ2) is 7.43. The molecule has 7 heteroatoms. The van der Waals surface area contributed by atoms with E-state index in [-0.39, 0.29) is 35.4 Å². The third kappa shape index (κ3) is 4.82. The van der Waals surface area contributed by atoms with Gasteiger partial charge in [0.2, 0.25) is 0 Å². The molecular weight excluding hydrogens is 430 g/mol. The Labute approximate surface area is 168 Å². The van der Waals surface area contributed by atoms with Crippen LogP contribution in [0.15, 0.2) is 45.5 Å². The molecule has 1 aliphatic heterocycles. The molecule has 2 aromatic rings. The number of nitrogens with zero attached hydrogens (tertiary/aromatic N) is 1. The average molecular weight is 454 g/mol. The van der Waals surface area contributed by atoms with Gasteiger partial charge in [-0.2, -0.15) is 0 Å². The molecule has 1 amide bonds. The molecule has 1 aromatic carbocycles. The smallest absolute Gasteiger partial charge is 0.254 e. The lowest BCUT2D eigenvalue weighted by Gasteiger charge is -2.28. The van der Waals surface area contributed by atoms with Crippen molar-refractivity contribution in [1.82, 2.24) is 4.90 Å². The fourth-order valence-corrected chi connectivity index (χ4v) is 5.34. The van der Waals surface area contributed by atoms with Crippen molar-refractivity contribution in [2.45, 2.75) is 45.2 Å². The summed E-state index contributed by atoms with van der Waals surface area (Å²) in [5.74, 6) is 0.559. The first kappa shape index (κ1) is 20.1. The van der Waals surface area contributed by atoms with Gasteiger partial charge in [-0.3, -0.25) is 4.79 Å². The number of halogens is 1. The Bertz CT molecular complexity index is 926. The zero-order valence-corrected chi connectivity index (χ0v) is 18.1. The highest BCUT2D eigenvalue weighted by atomic mass is 79.9. The van der Waals surface area contributed by atoms with E-state index < -0.39 is 9.84 Å². The van der Waals surface area contributed by atoms with Crippen LogP contribution in [0.4, 0.5) is 0 Å². The van der Waals surface area contributed by atoms with Crippen molar-refractivity contribution in [2.75, 3.05) is 11.5 Å². The quantitative estimate of drug-likeness (QED) is 0.696. The van der Waals surface area contributed by atoms with E-state index in [1.807, 2.05) is 24.3 Å². The van der Waals surface area contributed by atoms with E-state index in [2.05, 4.69) is 36.7 Å². The average Bonchev–Trinajstić information content (AvgIpc) is 3.16. The van der Waals surface area contributed by atoms with E-state index in [1.54, 1.807) is 17.0 Å². The molecular formula is C20H24BrNO4S. The monoisotopic (exact) mass is 453 g/mol. The van der Waals surface area contributed by atoms with Crippen molar-refractivity contribution in [3.63, 3.8) is 0 Å². The van der Waals surface area contributed by atoms with Gasteiger partial charge in [-0.1, -0.05) is 32.9 Å². The van der Waals surface area contributed by atoms with E-state index in [1.165, 1.54) is 0 Å². The molecule has 146 valence electrons. The maximum absolute atomic E-state index is 13.2. The number of rotatable bonds is 4. The Balaban J connectivity index is 1.88. The number of hydrogen-bond acceptors (Lipinski definition) is 4. The van der Waals surface area contributed by atoms with Crippen molar-refractivity contribution in [2.24, 2.45) is 0 Å². The summed E-state index contributed by atoms with van der Waals surface area (Å²) in [6.45, 7) is 6.60. The largest absolute Gasteiger partial charge is 0.452 e. The van der Waals surface area contributed by atoms with E-state index in [0.29, 0.717) is 22.4 Å². The van der Waals surface area contributed by atoms with Crippen LogP contribution >= 0.6 is 15.9 Å². The lowest BCUT2D eigenvalue weighted by molar-refractivity contribution is 0.0665. The van der Waals surface area contributed by atoms with Gasteiger partial charge in [0.25, 0.3) is 5.91 Å². The van der Waals surface area contributed by atoms with Crippen LogP contribution in [0, 0.1) is 0 Å². The van der Waals surface area contributed by atoms with Crippen molar-refractivity contribution >= 4 is 31.7 Å². The summed E-state index contributed by atoms with van der Waals surface area (Å²) in [5.41, 5.74) is 1.70. The van der Waals surface area contributed by atoms with Gasteiger partial charge in [-0.15, -0.1) is 0 Å². The summed E-state index contributed by atoms with van der Waals surface area (Å²) in [5, 5.41) is 0. The van der Waals surface area contributed by atoms with E-state index >= 15 is 0 Å². The van der Waals surface area contributed by atoms with Crippen molar-refractivity contribution in [3.8, 4) is 0 Å². The topological polar surface area (TPSA) is 67.6 Å². The molecule has 1 saturated heterocycles. The van der Waals surface area contributed by atoms with Crippen LogP contribution in [-0.4, -0.2) is 36.8 Å². The number of amides is 1. The highest BCUT2D eigenvalue weighted by molar-refractivity contribution is 9.10. The Hall–Kier alpha value is -1.60. The number of furan rings is 1. The van der Waals surface area contributed by atoms with Crippen LogP contribution in [0.25, 0.3) is 0 Å². The molecule has 1 atom stereocenters. The summed E-state index contributed by atoms with van der Waals surface area (Å²) in [6, 6.07) is 10.8. The molecule has 0 N–H and O–H groups in total. The van der Waals surface area contributed by atoms with Gasteiger partial charge in [0, 0.05) is 11.6 Å². The van der Waals surface area contributed by atoms with Crippen LogP contribution in [0.2, 0.25) is 0 Å². The van der Waals surface area contributed by atoms with Crippen LogP contribution in [0.3, 0.4) is 0 Å².